The molecule has 0 aliphatic carbocycles. The van der Waals surface area contributed by atoms with Crippen molar-refractivity contribution in [2.45, 2.75) is 33.1 Å². The predicted octanol–water partition coefficient (Wildman–Crippen LogP) is 1.83. The first-order chi connectivity index (χ1) is 5.97. The van der Waals surface area contributed by atoms with Crippen LogP contribution in [0, 0.1) is 0 Å². The molecule has 6 heteroatoms. The van der Waals surface area contributed by atoms with E-state index in [2.05, 4.69) is 11.1 Å². The molecule has 0 amide bonds. The fourth-order valence-electron chi connectivity index (χ4n) is 0.536. The van der Waals surface area contributed by atoms with Gasteiger partial charge in [0.05, 0.1) is 6.61 Å². The van der Waals surface area contributed by atoms with Gasteiger partial charge in [-0.25, -0.2) is 4.57 Å². The zero-order valence-corrected chi connectivity index (χ0v) is 9.17. The Hall–Kier alpha value is 0.850. The quantitative estimate of drug-likeness (QED) is 0.329. The van der Waals surface area contributed by atoms with E-state index in [4.69, 9.17) is 9.79 Å². The number of hydrogen-bond acceptors (Lipinski definition) is 2. The minimum atomic E-state index is -4.21. The molecule has 0 heterocycles. The minimum absolute atomic E-state index is 0. The average molecular weight is 234 g/mol. The normalized spacial score (nSPS) is 9.43. The molecule has 0 bridgehead atoms. The third-order valence-electron chi connectivity index (χ3n) is 1.01. The SMILES string of the molecule is C=CC.CCCCCOP(=O)(O)O.[NaH]. The molecule has 0 aromatic carbocycles. The van der Waals surface area contributed by atoms with Gasteiger partial charge in [0.15, 0.2) is 0 Å². The molecule has 2 N–H and O–H groups in total. The molecule has 0 aliphatic rings. The van der Waals surface area contributed by atoms with Crippen LogP contribution in [0.25, 0.3) is 0 Å². The molecule has 14 heavy (non-hydrogen) atoms. The molecular weight excluding hydrogens is 214 g/mol. The van der Waals surface area contributed by atoms with Crippen molar-refractivity contribution in [3.05, 3.63) is 12.7 Å². The van der Waals surface area contributed by atoms with Crippen LogP contribution in [0.4, 0.5) is 0 Å². The molecule has 0 saturated heterocycles. The van der Waals surface area contributed by atoms with E-state index in [0.717, 1.165) is 12.8 Å². The van der Waals surface area contributed by atoms with Gasteiger partial charge in [0.1, 0.15) is 0 Å². The number of hydrogen-bond donors (Lipinski definition) is 2. The Bertz CT molecular complexity index is 157. The van der Waals surface area contributed by atoms with E-state index in [9.17, 15) is 4.57 Å². The van der Waals surface area contributed by atoms with Crippen molar-refractivity contribution >= 4 is 37.4 Å². The van der Waals surface area contributed by atoms with E-state index in [1.807, 2.05) is 13.8 Å². The van der Waals surface area contributed by atoms with E-state index in [0.29, 0.717) is 6.42 Å². The molecule has 0 unspecified atom stereocenters. The first-order valence-electron chi connectivity index (χ1n) is 4.25. The van der Waals surface area contributed by atoms with Crippen LogP contribution < -0.4 is 0 Å². The molecule has 4 nitrogen and oxygen atoms in total. The van der Waals surface area contributed by atoms with E-state index < -0.39 is 7.82 Å². The Labute approximate surface area is 108 Å². The van der Waals surface area contributed by atoms with Gasteiger partial charge in [0.25, 0.3) is 0 Å². The summed E-state index contributed by atoms with van der Waals surface area (Å²) in [6, 6.07) is 0. The number of phosphoric ester groups is 1. The second-order valence-electron chi connectivity index (χ2n) is 2.44. The summed E-state index contributed by atoms with van der Waals surface area (Å²) in [5, 5.41) is 0. The topological polar surface area (TPSA) is 66.8 Å². The third kappa shape index (κ3) is 29.3. The average Bonchev–Trinajstić information content (AvgIpc) is 1.98. The van der Waals surface area contributed by atoms with Crippen LogP contribution >= 0.6 is 7.82 Å². The number of rotatable bonds is 5. The van der Waals surface area contributed by atoms with Gasteiger partial charge in [-0.15, -0.1) is 6.58 Å². The number of phosphoric acid groups is 1. The van der Waals surface area contributed by atoms with Crippen molar-refractivity contribution in [2.75, 3.05) is 6.61 Å². The molecule has 0 atom stereocenters. The van der Waals surface area contributed by atoms with E-state index in [-0.39, 0.29) is 36.2 Å². The summed E-state index contributed by atoms with van der Waals surface area (Å²) in [4.78, 5) is 16.4. The molecule has 0 radical (unpaired) electrons. The van der Waals surface area contributed by atoms with Gasteiger partial charge in [0.2, 0.25) is 0 Å². The van der Waals surface area contributed by atoms with Crippen LogP contribution in [-0.2, 0) is 9.09 Å². The van der Waals surface area contributed by atoms with Gasteiger partial charge in [-0.05, 0) is 13.3 Å². The first-order valence-corrected chi connectivity index (χ1v) is 5.78. The van der Waals surface area contributed by atoms with Crippen LogP contribution in [0.5, 0.6) is 0 Å². The van der Waals surface area contributed by atoms with Gasteiger partial charge >= 0.3 is 37.4 Å². The summed E-state index contributed by atoms with van der Waals surface area (Å²) < 4.78 is 14.3. The predicted molar refractivity (Wildman–Crippen MR) is 60.5 cm³/mol. The second-order valence-corrected chi connectivity index (χ2v) is 3.68. The van der Waals surface area contributed by atoms with Crippen LogP contribution in [0.2, 0.25) is 0 Å². The fraction of sp³-hybridized carbons (Fsp3) is 0.750. The maximum absolute atomic E-state index is 10.1. The number of allylic oxidation sites excluding steroid dienone is 1. The Kier molecular flexibility index (Phi) is 20.1. The monoisotopic (exact) mass is 234 g/mol. The van der Waals surface area contributed by atoms with E-state index in [1.54, 1.807) is 6.08 Å². The molecule has 0 saturated carbocycles. The van der Waals surface area contributed by atoms with Crippen LogP contribution in [0.3, 0.4) is 0 Å². The standard InChI is InChI=1S/C5H13O4P.C3H6.Na.H/c1-2-3-4-5-9-10(6,7)8;1-3-2;;/h2-5H2,1H3,(H2,6,7,8);3H,1H2,2H3;;. The third-order valence-corrected chi connectivity index (χ3v) is 1.53. The zero-order chi connectivity index (χ0) is 10.7. The van der Waals surface area contributed by atoms with Gasteiger partial charge in [-0.1, -0.05) is 25.8 Å². The second kappa shape index (κ2) is 13.8. The van der Waals surface area contributed by atoms with Gasteiger partial charge in [-0.3, -0.25) is 4.52 Å². The Morgan fingerprint density at radius 1 is 1.43 bits per heavy atom. The zero-order valence-electron chi connectivity index (χ0n) is 8.27. The van der Waals surface area contributed by atoms with Crippen molar-refractivity contribution in [3.63, 3.8) is 0 Å². The summed E-state index contributed by atoms with van der Waals surface area (Å²) in [6.45, 7) is 7.41. The summed E-state index contributed by atoms with van der Waals surface area (Å²) in [5.74, 6) is 0. The molecule has 0 aliphatic heterocycles. The van der Waals surface area contributed by atoms with Crippen molar-refractivity contribution < 1.29 is 18.9 Å². The molecule has 0 spiro atoms. The first kappa shape index (κ1) is 20.3. The molecule has 82 valence electrons. The Morgan fingerprint density at radius 3 is 2.14 bits per heavy atom. The molecule has 0 aromatic heterocycles. The van der Waals surface area contributed by atoms with Crippen LogP contribution in [-0.4, -0.2) is 46.0 Å². The Morgan fingerprint density at radius 2 is 1.86 bits per heavy atom. The summed E-state index contributed by atoms with van der Waals surface area (Å²) >= 11 is 0. The fourth-order valence-corrected chi connectivity index (χ4v) is 0.902. The van der Waals surface area contributed by atoms with Crippen molar-refractivity contribution in [1.82, 2.24) is 0 Å². The number of unbranched alkanes of at least 4 members (excludes halogenated alkanes) is 2. The van der Waals surface area contributed by atoms with Gasteiger partial charge < -0.3 is 9.79 Å². The van der Waals surface area contributed by atoms with Crippen LogP contribution in [0.1, 0.15) is 33.1 Å². The van der Waals surface area contributed by atoms with Crippen molar-refractivity contribution in [2.24, 2.45) is 0 Å². The van der Waals surface area contributed by atoms with Crippen molar-refractivity contribution in [1.29, 1.82) is 0 Å². The molecule has 0 aromatic rings. The van der Waals surface area contributed by atoms with Crippen LogP contribution in [0.15, 0.2) is 12.7 Å². The summed E-state index contributed by atoms with van der Waals surface area (Å²) in [5.41, 5.74) is 0. The van der Waals surface area contributed by atoms with Crippen molar-refractivity contribution in [3.8, 4) is 0 Å². The van der Waals surface area contributed by atoms with E-state index in [1.165, 1.54) is 0 Å². The molecular formula is C8H20NaO4P. The Balaban J connectivity index is -0.000000267. The van der Waals surface area contributed by atoms with Gasteiger partial charge in [-0.2, -0.15) is 0 Å². The summed E-state index contributed by atoms with van der Waals surface area (Å²) in [6.07, 6.45) is 4.42. The molecule has 0 rings (SSSR count). The maximum atomic E-state index is 10.1. The van der Waals surface area contributed by atoms with E-state index >= 15 is 0 Å². The van der Waals surface area contributed by atoms with Gasteiger partial charge in [0, 0.05) is 0 Å². The molecule has 0 fully saturated rings. The summed E-state index contributed by atoms with van der Waals surface area (Å²) in [7, 11) is -4.21.